The van der Waals surface area contributed by atoms with Gasteiger partial charge in [-0.25, -0.2) is 4.90 Å². The SMILES string of the molecule is COC(=O)C1CC[NH+]([C@@H]2CC(=O)N(c3cccc(Cl)c3C)C2=O)CC1. The molecule has 2 fully saturated rings. The van der Waals surface area contributed by atoms with Crippen molar-refractivity contribution in [1.29, 1.82) is 0 Å². The number of anilines is 1. The van der Waals surface area contributed by atoms with Crippen LogP contribution in [-0.2, 0) is 19.1 Å². The number of carbonyl (C=O) groups is 3. The number of benzene rings is 1. The van der Waals surface area contributed by atoms with Gasteiger partial charge in [-0.15, -0.1) is 0 Å². The Labute approximate surface area is 151 Å². The van der Waals surface area contributed by atoms with Crippen LogP contribution in [0.4, 0.5) is 5.69 Å². The molecule has 3 rings (SSSR count). The number of hydrogen-bond acceptors (Lipinski definition) is 4. The molecule has 0 spiro atoms. The summed E-state index contributed by atoms with van der Waals surface area (Å²) in [5, 5.41) is 0.535. The Morgan fingerprint density at radius 3 is 2.60 bits per heavy atom. The van der Waals surface area contributed by atoms with E-state index >= 15 is 0 Å². The van der Waals surface area contributed by atoms with Gasteiger partial charge in [0, 0.05) is 17.9 Å². The maximum atomic E-state index is 12.9. The van der Waals surface area contributed by atoms with Gasteiger partial charge in [-0.2, -0.15) is 0 Å². The number of hydrogen-bond donors (Lipinski definition) is 1. The molecule has 0 aromatic heterocycles. The van der Waals surface area contributed by atoms with Crippen LogP contribution in [0.25, 0.3) is 0 Å². The molecule has 1 atom stereocenters. The first-order valence-electron chi connectivity index (χ1n) is 8.48. The number of piperidine rings is 1. The minimum Gasteiger partial charge on any atom is -0.469 e. The van der Waals surface area contributed by atoms with E-state index in [0.717, 1.165) is 10.5 Å². The summed E-state index contributed by atoms with van der Waals surface area (Å²) in [6.45, 7) is 3.18. The summed E-state index contributed by atoms with van der Waals surface area (Å²) in [7, 11) is 1.39. The third kappa shape index (κ3) is 3.28. The molecule has 2 amide bonds. The van der Waals surface area contributed by atoms with Gasteiger partial charge in [0.1, 0.15) is 0 Å². The van der Waals surface area contributed by atoms with Gasteiger partial charge in [0.2, 0.25) is 5.91 Å². The Morgan fingerprint density at radius 1 is 1.28 bits per heavy atom. The number of quaternary nitrogens is 1. The van der Waals surface area contributed by atoms with E-state index in [1.54, 1.807) is 25.1 Å². The number of ether oxygens (including phenoxy) is 1. The van der Waals surface area contributed by atoms with Gasteiger partial charge in [0.15, 0.2) is 6.04 Å². The molecule has 0 unspecified atom stereocenters. The van der Waals surface area contributed by atoms with Crippen LogP contribution in [-0.4, -0.2) is 44.0 Å². The van der Waals surface area contributed by atoms with Crippen molar-refractivity contribution in [3.05, 3.63) is 28.8 Å². The van der Waals surface area contributed by atoms with Crippen LogP contribution in [0.2, 0.25) is 5.02 Å². The maximum absolute atomic E-state index is 12.9. The number of halogens is 1. The first kappa shape index (κ1) is 17.9. The summed E-state index contributed by atoms with van der Waals surface area (Å²) < 4.78 is 4.80. The number of amides is 2. The van der Waals surface area contributed by atoms with Gasteiger partial charge in [-0.05, 0) is 24.6 Å². The molecule has 2 aliphatic heterocycles. The number of methoxy groups -OCH3 is 1. The average Bonchev–Trinajstić information content (AvgIpc) is 2.91. The lowest BCUT2D eigenvalue weighted by Crippen LogP contribution is -3.17. The van der Waals surface area contributed by atoms with Crippen LogP contribution in [0, 0.1) is 12.8 Å². The molecule has 2 aliphatic rings. The molecule has 0 radical (unpaired) electrons. The molecule has 1 aromatic carbocycles. The summed E-state index contributed by atoms with van der Waals surface area (Å²) in [6, 6.07) is 4.85. The van der Waals surface area contributed by atoms with E-state index in [1.165, 1.54) is 12.0 Å². The summed E-state index contributed by atoms with van der Waals surface area (Å²) in [5.41, 5.74) is 1.29. The van der Waals surface area contributed by atoms with Gasteiger partial charge in [-0.3, -0.25) is 14.4 Å². The van der Waals surface area contributed by atoms with E-state index < -0.39 is 0 Å². The summed E-state index contributed by atoms with van der Waals surface area (Å²) in [4.78, 5) is 39.4. The fourth-order valence-electron chi connectivity index (χ4n) is 3.78. The molecular formula is C18H22ClN2O4+. The molecule has 2 heterocycles. The molecule has 6 nitrogen and oxygen atoms in total. The summed E-state index contributed by atoms with van der Waals surface area (Å²) >= 11 is 6.13. The number of likely N-dealkylation sites (tertiary alicyclic amines) is 1. The van der Waals surface area contributed by atoms with E-state index in [9.17, 15) is 14.4 Å². The Balaban J connectivity index is 1.74. The first-order valence-corrected chi connectivity index (χ1v) is 8.86. The van der Waals surface area contributed by atoms with Crippen LogP contribution in [0.1, 0.15) is 24.8 Å². The predicted octanol–water partition coefficient (Wildman–Crippen LogP) is 0.748. The van der Waals surface area contributed by atoms with Gasteiger partial charge in [0.25, 0.3) is 5.91 Å². The molecule has 1 aromatic rings. The van der Waals surface area contributed by atoms with Crippen LogP contribution in [0.15, 0.2) is 18.2 Å². The van der Waals surface area contributed by atoms with Crippen LogP contribution < -0.4 is 9.80 Å². The highest BCUT2D eigenvalue weighted by Crippen LogP contribution is 2.30. The van der Waals surface area contributed by atoms with E-state index in [-0.39, 0.29) is 36.2 Å². The summed E-state index contributed by atoms with van der Waals surface area (Å²) in [5.74, 6) is -0.666. The van der Waals surface area contributed by atoms with Crippen molar-refractivity contribution in [3.8, 4) is 0 Å². The number of nitrogens with zero attached hydrogens (tertiary/aromatic N) is 1. The number of nitrogens with one attached hydrogen (secondary N) is 1. The molecule has 0 bridgehead atoms. The van der Waals surface area contributed by atoms with Crippen molar-refractivity contribution in [3.63, 3.8) is 0 Å². The van der Waals surface area contributed by atoms with Crippen molar-refractivity contribution >= 4 is 35.1 Å². The fraction of sp³-hybridized carbons (Fsp3) is 0.500. The number of esters is 1. The quantitative estimate of drug-likeness (QED) is 0.634. The molecule has 0 aliphatic carbocycles. The largest absolute Gasteiger partial charge is 0.469 e. The average molecular weight is 366 g/mol. The minimum absolute atomic E-state index is 0.104. The second kappa shape index (κ2) is 7.14. The molecule has 134 valence electrons. The normalized spacial score (nSPS) is 26.8. The standard InChI is InChI=1S/C18H21ClN2O4/c1-11-13(19)4-3-5-14(11)21-16(22)10-15(17(21)23)20-8-6-12(7-9-20)18(24)25-2/h3-5,12,15H,6-10H2,1-2H3/p+1/t15-/m1/s1. The lowest BCUT2D eigenvalue weighted by atomic mass is 9.95. The smallest absolute Gasteiger partial charge is 0.309 e. The highest BCUT2D eigenvalue weighted by molar-refractivity contribution is 6.32. The zero-order valence-corrected chi connectivity index (χ0v) is 15.1. The van der Waals surface area contributed by atoms with Gasteiger partial charge in [0.05, 0.1) is 38.2 Å². The van der Waals surface area contributed by atoms with Crippen LogP contribution in [0.5, 0.6) is 0 Å². The van der Waals surface area contributed by atoms with Gasteiger partial charge < -0.3 is 9.64 Å². The third-order valence-electron chi connectivity index (χ3n) is 5.28. The second-order valence-electron chi connectivity index (χ2n) is 6.66. The first-order chi connectivity index (χ1) is 11.9. The Kier molecular flexibility index (Phi) is 5.11. The van der Waals surface area contributed by atoms with E-state index in [4.69, 9.17) is 16.3 Å². The van der Waals surface area contributed by atoms with E-state index in [0.29, 0.717) is 36.6 Å². The van der Waals surface area contributed by atoms with Crippen molar-refractivity contribution in [2.24, 2.45) is 5.92 Å². The second-order valence-corrected chi connectivity index (χ2v) is 7.07. The Morgan fingerprint density at radius 2 is 1.96 bits per heavy atom. The van der Waals surface area contributed by atoms with Crippen LogP contribution >= 0.6 is 11.6 Å². The molecule has 2 saturated heterocycles. The molecule has 0 saturated carbocycles. The number of rotatable bonds is 3. The number of carbonyl (C=O) groups excluding carboxylic acids is 3. The Bertz CT molecular complexity index is 713. The highest BCUT2D eigenvalue weighted by atomic mass is 35.5. The topological polar surface area (TPSA) is 68.1 Å². The van der Waals surface area contributed by atoms with Crippen LogP contribution in [0.3, 0.4) is 0 Å². The molecule has 7 heteroatoms. The summed E-state index contributed by atoms with van der Waals surface area (Å²) in [6.07, 6.45) is 1.55. The lowest BCUT2D eigenvalue weighted by Gasteiger charge is -2.31. The van der Waals surface area contributed by atoms with Crippen molar-refractivity contribution < 1.29 is 24.0 Å². The third-order valence-corrected chi connectivity index (χ3v) is 5.69. The highest BCUT2D eigenvalue weighted by Gasteiger charge is 2.47. The van der Waals surface area contributed by atoms with Crippen molar-refractivity contribution in [1.82, 2.24) is 0 Å². The van der Waals surface area contributed by atoms with E-state index in [1.807, 2.05) is 0 Å². The lowest BCUT2D eigenvalue weighted by molar-refractivity contribution is -0.920. The predicted molar refractivity (Wildman–Crippen MR) is 92.5 cm³/mol. The fourth-order valence-corrected chi connectivity index (χ4v) is 3.95. The minimum atomic E-state index is -0.385. The van der Waals surface area contributed by atoms with Gasteiger partial charge in [-0.1, -0.05) is 17.7 Å². The monoisotopic (exact) mass is 365 g/mol. The van der Waals surface area contributed by atoms with E-state index in [2.05, 4.69) is 0 Å². The zero-order valence-electron chi connectivity index (χ0n) is 14.4. The zero-order chi connectivity index (χ0) is 18.1. The molecule has 1 N–H and O–H groups in total. The van der Waals surface area contributed by atoms with Crippen molar-refractivity contribution in [2.75, 3.05) is 25.1 Å². The maximum Gasteiger partial charge on any atom is 0.309 e. The molecule has 25 heavy (non-hydrogen) atoms. The number of imide groups is 1. The van der Waals surface area contributed by atoms with Crippen molar-refractivity contribution in [2.45, 2.75) is 32.2 Å². The molecular weight excluding hydrogens is 344 g/mol. The Hall–Kier alpha value is -1.92. The van der Waals surface area contributed by atoms with Gasteiger partial charge >= 0.3 is 5.97 Å².